The summed E-state index contributed by atoms with van der Waals surface area (Å²) in [6, 6.07) is 8.23. The van der Waals surface area contributed by atoms with Crippen molar-refractivity contribution in [2.45, 2.75) is 33.4 Å². The predicted octanol–water partition coefficient (Wildman–Crippen LogP) is 1.79. The molecule has 1 rings (SSSR count). The minimum atomic E-state index is -2.93. The number of sulfone groups is 1. The molecule has 0 atom stereocenters. The molecule has 108 valence electrons. The maximum atomic E-state index is 11.6. The number of hydrogen-bond acceptors (Lipinski definition) is 4. The van der Waals surface area contributed by atoms with Crippen molar-refractivity contribution in [1.29, 1.82) is 0 Å². The molecule has 1 aromatic carbocycles. The Morgan fingerprint density at radius 1 is 1.21 bits per heavy atom. The van der Waals surface area contributed by atoms with Crippen LogP contribution in [-0.4, -0.2) is 32.5 Å². The molecule has 0 aliphatic heterocycles. The predicted molar refractivity (Wildman–Crippen MR) is 81.1 cm³/mol. The first kappa shape index (κ1) is 16.0. The lowest BCUT2D eigenvalue weighted by molar-refractivity contribution is 0.593. The highest BCUT2D eigenvalue weighted by Gasteiger charge is 2.15. The molecule has 0 saturated heterocycles. The Morgan fingerprint density at radius 2 is 1.79 bits per heavy atom. The highest BCUT2D eigenvalue weighted by atomic mass is 32.2. The van der Waals surface area contributed by atoms with E-state index >= 15 is 0 Å². The van der Waals surface area contributed by atoms with Crippen LogP contribution >= 0.6 is 0 Å². The standard InChI is InChI=1S/C14H24N2O2S/c1-4-19(17,18)10-9-16(12(2)3)14-7-5-13(11-15)6-8-14/h5-8,12H,4,9-11,15H2,1-3H3. The van der Waals surface area contributed by atoms with Crippen LogP contribution in [0.15, 0.2) is 24.3 Å². The maximum Gasteiger partial charge on any atom is 0.151 e. The molecule has 0 radical (unpaired) electrons. The first-order valence-electron chi connectivity index (χ1n) is 6.65. The van der Waals surface area contributed by atoms with E-state index in [4.69, 9.17) is 5.73 Å². The monoisotopic (exact) mass is 284 g/mol. The van der Waals surface area contributed by atoms with Gasteiger partial charge in [0.2, 0.25) is 0 Å². The van der Waals surface area contributed by atoms with Crippen molar-refractivity contribution < 1.29 is 8.42 Å². The second-order valence-corrected chi connectivity index (χ2v) is 7.37. The molecular weight excluding hydrogens is 260 g/mol. The molecule has 0 aliphatic rings. The van der Waals surface area contributed by atoms with Crippen molar-refractivity contribution in [2.75, 3.05) is 23.0 Å². The Morgan fingerprint density at radius 3 is 2.21 bits per heavy atom. The van der Waals surface area contributed by atoms with Gasteiger partial charge in [0.25, 0.3) is 0 Å². The minimum absolute atomic E-state index is 0.195. The zero-order chi connectivity index (χ0) is 14.5. The molecule has 2 N–H and O–H groups in total. The summed E-state index contributed by atoms with van der Waals surface area (Å²) in [5.74, 6) is 0.394. The smallest absolute Gasteiger partial charge is 0.151 e. The second kappa shape index (κ2) is 6.91. The third-order valence-electron chi connectivity index (χ3n) is 3.21. The summed E-state index contributed by atoms with van der Waals surface area (Å²) in [4.78, 5) is 2.10. The molecule has 0 fully saturated rings. The van der Waals surface area contributed by atoms with Gasteiger partial charge in [0.1, 0.15) is 0 Å². The van der Waals surface area contributed by atoms with Crippen molar-refractivity contribution >= 4 is 15.5 Å². The van der Waals surface area contributed by atoms with Gasteiger partial charge >= 0.3 is 0 Å². The number of nitrogens with two attached hydrogens (primary N) is 1. The van der Waals surface area contributed by atoms with Crippen LogP contribution in [0.4, 0.5) is 5.69 Å². The Kier molecular flexibility index (Phi) is 5.82. The number of rotatable bonds is 7. The van der Waals surface area contributed by atoms with Crippen LogP contribution < -0.4 is 10.6 Å². The molecule has 0 bridgehead atoms. The van der Waals surface area contributed by atoms with E-state index in [1.54, 1.807) is 6.92 Å². The zero-order valence-corrected chi connectivity index (χ0v) is 12.8. The van der Waals surface area contributed by atoms with Crippen molar-refractivity contribution in [1.82, 2.24) is 0 Å². The average molecular weight is 284 g/mol. The highest BCUT2D eigenvalue weighted by Crippen LogP contribution is 2.18. The maximum absolute atomic E-state index is 11.6. The number of benzene rings is 1. The topological polar surface area (TPSA) is 63.4 Å². The lowest BCUT2D eigenvalue weighted by Crippen LogP contribution is -2.35. The number of hydrogen-bond donors (Lipinski definition) is 1. The van der Waals surface area contributed by atoms with Gasteiger partial charge in [-0.1, -0.05) is 19.1 Å². The minimum Gasteiger partial charge on any atom is -0.368 e. The van der Waals surface area contributed by atoms with Crippen LogP contribution in [0.1, 0.15) is 26.3 Å². The summed E-state index contributed by atoms with van der Waals surface area (Å²) >= 11 is 0. The lowest BCUT2D eigenvalue weighted by atomic mass is 10.1. The van der Waals surface area contributed by atoms with Crippen LogP contribution in [0, 0.1) is 0 Å². The van der Waals surface area contributed by atoms with E-state index in [-0.39, 0.29) is 17.5 Å². The van der Waals surface area contributed by atoms with Crippen molar-refractivity contribution in [2.24, 2.45) is 5.73 Å². The fourth-order valence-corrected chi connectivity index (χ4v) is 2.65. The van der Waals surface area contributed by atoms with Crippen LogP contribution in [0.3, 0.4) is 0 Å². The van der Waals surface area contributed by atoms with Gasteiger partial charge in [0, 0.05) is 30.6 Å². The third kappa shape index (κ3) is 4.84. The van der Waals surface area contributed by atoms with Crippen molar-refractivity contribution in [3.8, 4) is 0 Å². The second-order valence-electron chi connectivity index (χ2n) is 4.89. The van der Waals surface area contributed by atoms with Crippen molar-refractivity contribution in [3.05, 3.63) is 29.8 Å². The molecule has 4 nitrogen and oxygen atoms in total. The van der Waals surface area contributed by atoms with E-state index in [9.17, 15) is 8.42 Å². The quantitative estimate of drug-likeness (QED) is 0.829. The fraction of sp³-hybridized carbons (Fsp3) is 0.571. The summed E-state index contributed by atoms with van der Waals surface area (Å²) in [7, 11) is -2.93. The van der Waals surface area contributed by atoms with Crippen LogP contribution in [-0.2, 0) is 16.4 Å². The molecule has 0 saturated carbocycles. The van der Waals surface area contributed by atoms with Crippen LogP contribution in [0.5, 0.6) is 0 Å². The summed E-state index contributed by atoms with van der Waals surface area (Å²) in [6.07, 6.45) is 0. The van der Waals surface area contributed by atoms with E-state index in [1.165, 1.54) is 0 Å². The van der Waals surface area contributed by atoms with Gasteiger partial charge in [-0.2, -0.15) is 0 Å². The van der Waals surface area contributed by atoms with Gasteiger partial charge in [-0.05, 0) is 31.5 Å². The molecule has 0 spiro atoms. The van der Waals surface area contributed by atoms with Crippen LogP contribution in [0.2, 0.25) is 0 Å². The van der Waals surface area contributed by atoms with Gasteiger partial charge in [0.05, 0.1) is 5.75 Å². The van der Waals surface area contributed by atoms with E-state index in [0.29, 0.717) is 13.1 Å². The SMILES string of the molecule is CCS(=O)(=O)CCN(c1ccc(CN)cc1)C(C)C. The molecule has 5 heteroatoms. The molecule has 0 aliphatic carbocycles. The summed E-state index contributed by atoms with van der Waals surface area (Å²) in [6.45, 7) is 6.86. The van der Waals surface area contributed by atoms with E-state index in [0.717, 1.165) is 11.3 Å². The molecule has 0 unspecified atom stereocenters. The molecule has 0 heterocycles. The van der Waals surface area contributed by atoms with Crippen molar-refractivity contribution in [3.63, 3.8) is 0 Å². The largest absolute Gasteiger partial charge is 0.368 e. The van der Waals surface area contributed by atoms with E-state index in [2.05, 4.69) is 18.7 Å². The Bertz CT molecular complexity index is 481. The molecule has 19 heavy (non-hydrogen) atoms. The molecule has 0 amide bonds. The van der Waals surface area contributed by atoms with Gasteiger partial charge in [0.15, 0.2) is 9.84 Å². The number of anilines is 1. The Hall–Kier alpha value is -1.07. The summed E-state index contributed by atoms with van der Waals surface area (Å²) in [5.41, 5.74) is 7.69. The summed E-state index contributed by atoms with van der Waals surface area (Å²) in [5, 5.41) is 0. The van der Waals surface area contributed by atoms with Crippen LogP contribution in [0.25, 0.3) is 0 Å². The molecule has 0 aromatic heterocycles. The third-order valence-corrected chi connectivity index (χ3v) is 4.89. The first-order chi connectivity index (χ1) is 8.89. The Labute approximate surface area is 116 Å². The molecule has 1 aromatic rings. The summed E-state index contributed by atoms with van der Waals surface area (Å²) < 4.78 is 23.2. The average Bonchev–Trinajstić information content (AvgIpc) is 2.39. The first-order valence-corrected chi connectivity index (χ1v) is 8.48. The number of nitrogens with zero attached hydrogens (tertiary/aromatic N) is 1. The van der Waals surface area contributed by atoms with Gasteiger partial charge in [-0.3, -0.25) is 0 Å². The lowest BCUT2D eigenvalue weighted by Gasteiger charge is -2.29. The normalized spacial score (nSPS) is 11.8. The Balaban J connectivity index is 2.82. The van der Waals surface area contributed by atoms with Gasteiger partial charge < -0.3 is 10.6 Å². The van der Waals surface area contributed by atoms with E-state index in [1.807, 2.05) is 24.3 Å². The van der Waals surface area contributed by atoms with E-state index < -0.39 is 9.84 Å². The van der Waals surface area contributed by atoms with Gasteiger partial charge in [-0.25, -0.2) is 8.42 Å². The molecular formula is C14H24N2O2S. The highest BCUT2D eigenvalue weighted by molar-refractivity contribution is 7.91. The fourth-order valence-electron chi connectivity index (χ4n) is 1.89. The zero-order valence-electron chi connectivity index (χ0n) is 12.0. The van der Waals surface area contributed by atoms with Gasteiger partial charge in [-0.15, -0.1) is 0 Å².